The van der Waals surface area contributed by atoms with Gasteiger partial charge in [-0.1, -0.05) is 13.8 Å². The first kappa shape index (κ1) is 11.4. The molecule has 0 amide bonds. The lowest BCUT2D eigenvalue weighted by Crippen LogP contribution is -2.23. The van der Waals surface area contributed by atoms with Crippen LogP contribution in [0.15, 0.2) is 0 Å². The highest BCUT2D eigenvalue weighted by Crippen LogP contribution is 2.00. The van der Waals surface area contributed by atoms with Gasteiger partial charge in [0.05, 0.1) is 6.42 Å². The van der Waals surface area contributed by atoms with Crippen molar-refractivity contribution in [3.8, 4) is 0 Å². The van der Waals surface area contributed by atoms with Crippen molar-refractivity contribution in [2.75, 3.05) is 20.1 Å². The van der Waals surface area contributed by atoms with Gasteiger partial charge in [0.2, 0.25) is 0 Å². The van der Waals surface area contributed by atoms with Gasteiger partial charge >= 0.3 is 5.97 Å². The van der Waals surface area contributed by atoms with Crippen molar-refractivity contribution in [3.05, 3.63) is 0 Å². The summed E-state index contributed by atoms with van der Waals surface area (Å²) < 4.78 is 0. The zero-order valence-electron chi connectivity index (χ0n) is 8.21. The summed E-state index contributed by atoms with van der Waals surface area (Å²) in [6, 6.07) is 0. The Morgan fingerprint density at radius 2 is 2.00 bits per heavy atom. The summed E-state index contributed by atoms with van der Waals surface area (Å²) in [5.74, 6) is -0.0244. The minimum Gasteiger partial charge on any atom is -0.481 e. The van der Waals surface area contributed by atoms with E-state index in [0.29, 0.717) is 12.5 Å². The predicted molar refractivity (Wildman–Crippen MR) is 49.2 cm³/mol. The van der Waals surface area contributed by atoms with Gasteiger partial charge in [0.1, 0.15) is 0 Å². The molecule has 0 saturated heterocycles. The summed E-state index contributed by atoms with van der Waals surface area (Å²) in [5.41, 5.74) is 0. The Morgan fingerprint density at radius 3 is 2.42 bits per heavy atom. The first-order valence-corrected chi connectivity index (χ1v) is 4.42. The number of carboxylic acids is 1. The average molecular weight is 173 g/mol. The summed E-state index contributed by atoms with van der Waals surface area (Å²) >= 11 is 0. The van der Waals surface area contributed by atoms with E-state index in [1.165, 1.54) is 0 Å². The fourth-order valence-electron chi connectivity index (χ4n) is 0.877. The minimum absolute atomic E-state index is 0.245. The minimum atomic E-state index is -0.716. The van der Waals surface area contributed by atoms with E-state index in [2.05, 4.69) is 18.7 Å². The molecule has 0 atom stereocenters. The SMILES string of the molecule is CC(C)CCN(C)CCC(=O)O. The van der Waals surface area contributed by atoms with Crippen LogP contribution >= 0.6 is 0 Å². The van der Waals surface area contributed by atoms with Crippen LogP contribution in [0.25, 0.3) is 0 Å². The molecule has 0 saturated carbocycles. The molecular formula is C9H19NO2. The van der Waals surface area contributed by atoms with Gasteiger partial charge in [-0.15, -0.1) is 0 Å². The zero-order valence-corrected chi connectivity index (χ0v) is 8.21. The molecule has 0 aliphatic carbocycles. The Bertz CT molecular complexity index is 134. The van der Waals surface area contributed by atoms with Crippen molar-refractivity contribution in [2.45, 2.75) is 26.7 Å². The Labute approximate surface area is 74.4 Å². The zero-order chi connectivity index (χ0) is 9.56. The first-order valence-electron chi connectivity index (χ1n) is 4.42. The van der Waals surface area contributed by atoms with Crippen LogP contribution < -0.4 is 0 Å². The van der Waals surface area contributed by atoms with Gasteiger partial charge in [0, 0.05) is 6.54 Å². The van der Waals surface area contributed by atoms with Crippen molar-refractivity contribution in [2.24, 2.45) is 5.92 Å². The summed E-state index contributed by atoms with van der Waals surface area (Å²) in [4.78, 5) is 12.3. The van der Waals surface area contributed by atoms with Crippen LogP contribution in [0.2, 0.25) is 0 Å². The number of hydrogen-bond acceptors (Lipinski definition) is 2. The molecule has 0 aromatic heterocycles. The Morgan fingerprint density at radius 1 is 1.42 bits per heavy atom. The van der Waals surface area contributed by atoms with Crippen molar-refractivity contribution in [3.63, 3.8) is 0 Å². The molecule has 0 aliphatic heterocycles. The molecule has 3 nitrogen and oxygen atoms in total. The maximum Gasteiger partial charge on any atom is 0.304 e. The third-order valence-corrected chi connectivity index (χ3v) is 1.80. The maximum atomic E-state index is 10.2. The molecule has 1 N–H and O–H groups in total. The number of rotatable bonds is 6. The van der Waals surface area contributed by atoms with Gasteiger partial charge in [-0.05, 0) is 25.9 Å². The molecule has 0 unspecified atom stereocenters. The molecule has 3 heteroatoms. The molecule has 0 aromatic rings. The monoisotopic (exact) mass is 173 g/mol. The quantitative estimate of drug-likeness (QED) is 0.660. The fraction of sp³-hybridized carbons (Fsp3) is 0.889. The molecule has 0 spiro atoms. The second-order valence-electron chi connectivity index (χ2n) is 3.63. The van der Waals surface area contributed by atoms with E-state index in [1.54, 1.807) is 0 Å². The highest BCUT2D eigenvalue weighted by molar-refractivity contribution is 5.66. The van der Waals surface area contributed by atoms with Crippen molar-refractivity contribution >= 4 is 5.97 Å². The number of carbonyl (C=O) groups is 1. The van der Waals surface area contributed by atoms with E-state index >= 15 is 0 Å². The third kappa shape index (κ3) is 7.54. The van der Waals surface area contributed by atoms with Crippen LogP contribution in [0.3, 0.4) is 0 Å². The lowest BCUT2D eigenvalue weighted by atomic mass is 10.1. The summed E-state index contributed by atoms with van der Waals surface area (Å²) in [6.45, 7) is 5.99. The van der Waals surface area contributed by atoms with Gasteiger partial charge in [-0.2, -0.15) is 0 Å². The third-order valence-electron chi connectivity index (χ3n) is 1.80. The second-order valence-corrected chi connectivity index (χ2v) is 3.63. The van der Waals surface area contributed by atoms with E-state index in [0.717, 1.165) is 13.0 Å². The van der Waals surface area contributed by atoms with E-state index < -0.39 is 5.97 Å². The molecule has 0 rings (SSSR count). The normalized spacial score (nSPS) is 11.1. The van der Waals surface area contributed by atoms with E-state index in [4.69, 9.17) is 5.11 Å². The average Bonchev–Trinajstić information content (AvgIpc) is 1.96. The largest absolute Gasteiger partial charge is 0.481 e. The second kappa shape index (κ2) is 6.00. The molecular weight excluding hydrogens is 154 g/mol. The molecule has 12 heavy (non-hydrogen) atoms. The Kier molecular flexibility index (Phi) is 5.72. The number of nitrogens with zero attached hydrogens (tertiary/aromatic N) is 1. The van der Waals surface area contributed by atoms with Crippen molar-refractivity contribution in [1.82, 2.24) is 4.90 Å². The highest BCUT2D eigenvalue weighted by Gasteiger charge is 2.02. The topological polar surface area (TPSA) is 40.5 Å². The summed E-state index contributed by atoms with van der Waals surface area (Å²) in [6.07, 6.45) is 1.38. The molecule has 0 fully saturated rings. The molecule has 0 aromatic carbocycles. The van der Waals surface area contributed by atoms with Gasteiger partial charge in [-0.25, -0.2) is 0 Å². The number of hydrogen-bond donors (Lipinski definition) is 1. The fourth-order valence-corrected chi connectivity index (χ4v) is 0.877. The lowest BCUT2D eigenvalue weighted by Gasteiger charge is -2.16. The van der Waals surface area contributed by atoms with Gasteiger partial charge in [0.15, 0.2) is 0 Å². The van der Waals surface area contributed by atoms with E-state index in [-0.39, 0.29) is 6.42 Å². The summed E-state index contributed by atoms with van der Waals surface area (Å²) in [7, 11) is 1.96. The van der Waals surface area contributed by atoms with Crippen LogP contribution in [-0.2, 0) is 4.79 Å². The standard InChI is InChI=1S/C9H19NO2/c1-8(2)4-6-10(3)7-5-9(11)12/h8H,4-7H2,1-3H3,(H,11,12). The van der Waals surface area contributed by atoms with Gasteiger partial charge in [-0.3, -0.25) is 4.79 Å². The van der Waals surface area contributed by atoms with Crippen LogP contribution in [0.4, 0.5) is 0 Å². The Balaban J connectivity index is 3.33. The maximum absolute atomic E-state index is 10.2. The number of aliphatic carboxylic acids is 1. The summed E-state index contributed by atoms with van der Waals surface area (Å²) in [5, 5.41) is 8.41. The van der Waals surface area contributed by atoms with E-state index in [9.17, 15) is 4.79 Å². The lowest BCUT2D eigenvalue weighted by molar-refractivity contribution is -0.137. The van der Waals surface area contributed by atoms with Crippen molar-refractivity contribution < 1.29 is 9.90 Å². The van der Waals surface area contributed by atoms with Crippen LogP contribution in [-0.4, -0.2) is 36.1 Å². The molecule has 0 heterocycles. The Hall–Kier alpha value is -0.570. The first-order chi connectivity index (χ1) is 5.52. The predicted octanol–water partition coefficient (Wildman–Crippen LogP) is 1.44. The molecule has 0 aliphatic rings. The van der Waals surface area contributed by atoms with Crippen LogP contribution in [0.5, 0.6) is 0 Å². The number of carboxylic acid groups (broad SMARTS) is 1. The molecule has 0 bridgehead atoms. The molecule has 72 valence electrons. The van der Waals surface area contributed by atoms with Crippen LogP contribution in [0.1, 0.15) is 26.7 Å². The molecule has 0 radical (unpaired) electrons. The van der Waals surface area contributed by atoms with Crippen molar-refractivity contribution in [1.29, 1.82) is 0 Å². The van der Waals surface area contributed by atoms with Gasteiger partial charge in [0.25, 0.3) is 0 Å². The van der Waals surface area contributed by atoms with Crippen LogP contribution in [0, 0.1) is 5.92 Å². The van der Waals surface area contributed by atoms with Gasteiger partial charge < -0.3 is 10.0 Å². The van der Waals surface area contributed by atoms with E-state index in [1.807, 2.05) is 7.05 Å². The highest BCUT2D eigenvalue weighted by atomic mass is 16.4. The smallest absolute Gasteiger partial charge is 0.304 e.